The van der Waals surface area contributed by atoms with Crippen LogP contribution in [0.2, 0.25) is 0 Å². The third-order valence-corrected chi connectivity index (χ3v) is 8.69. The highest BCUT2D eigenvalue weighted by molar-refractivity contribution is 8.77. The maximum Gasteiger partial charge on any atom is 0.306 e. The van der Waals surface area contributed by atoms with E-state index in [4.69, 9.17) is 5.11 Å². The zero-order valence-corrected chi connectivity index (χ0v) is 19.9. The van der Waals surface area contributed by atoms with Gasteiger partial charge in [-0.2, -0.15) is 0 Å². The van der Waals surface area contributed by atoms with Crippen molar-refractivity contribution in [1.29, 1.82) is 0 Å². The first-order chi connectivity index (χ1) is 16.0. The predicted molar refractivity (Wildman–Crippen MR) is 136 cm³/mol. The number of rotatable bonds is 13. The largest absolute Gasteiger partial charge is 0.481 e. The highest BCUT2D eigenvalue weighted by Crippen LogP contribution is 2.53. The molecule has 0 saturated heterocycles. The minimum Gasteiger partial charge on any atom is -0.481 e. The van der Waals surface area contributed by atoms with Crippen LogP contribution in [0.15, 0.2) is 91.0 Å². The molecule has 4 nitrogen and oxygen atoms in total. The van der Waals surface area contributed by atoms with Crippen LogP contribution in [0.25, 0.3) is 0 Å². The quantitative estimate of drug-likeness (QED) is 0.161. The molecule has 0 aliphatic heterocycles. The molecular weight excluding hydrogens is 452 g/mol. The van der Waals surface area contributed by atoms with E-state index in [0.717, 1.165) is 5.75 Å². The van der Waals surface area contributed by atoms with Crippen LogP contribution in [-0.2, 0) is 14.3 Å². The molecule has 3 aromatic rings. The number of aliphatic carboxylic acids is 2. The Hall–Kier alpha value is -2.70. The standard InChI is InChI=1S/C27H28O4S2/c28-25(29)19-18-21(26(30)31)11-10-20-32-33-27(22-12-4-1-5-13-22,23-14-6-2-7-15-23)24-16-8-3-9-17-24/h1-9,12-17,21H,10-11,18-20H2,(H,28,29)(H,30,31). The average molecular weight is 481 g/mol. The van der Waals surface area contributed by atoms with Gasteiger partial charge in [-0.1, -0.05) is 113 Å². The van der Waals surface area contributed by atoms with Gasteiger partial charge in [0, 0.05) is 12.2 Å². The fraction of sp³-hybridized carbons (Fsp3) is 0.259. The van der Waals surface area contributed by atoms with E-state index in [2.05, 4.69) is 72.8 Å². The third kappa shape index (κ3) is 6.65. The van der Waals surface area contributed by atoms with Gasteiger partial charge in [-0.25, -0.2) is 0 Å². The van der Waals surface area contributed by atoms with Gasteiger partial charge in [0.15, 0.2) is 0 Å². The fourth-order valence-corrected chi connectivity index (χ4v) is 7.11. The van der Waals surface area contributed by atoms with Crippen LogP contribution in [0.4, 0.5) is 0 Å². The summed E-state index contributed by atoms with van der Waals surface area (Å²) in [6.07, 6.45) is 1.25. The Kier molecular flexibility index (Phi) is 9.46. The monoisotopic (exact) mass is 480 g/mol. The molecule has 1 unspecified atom stereocenters. The van der Waals surface area contributed by atoms with E-state index >= 15 is 0 Å². The molecule has 0 spiro atoms. The van der Waals surface area contributed by atoms with Crippen LogP contribution in [0.5, 0.6) is 0 Å². The minimum absolute atomic E-state index is 0.113. The molecule has 0 bridgehead atoms. The SMILES string of the molecule is O=C(O)CCC(CCCSSC(c1ccccc1)(c1ccccc1)c1ccccc1)C(=O)O. The lowest BCUT2D eigenvalue weighted by Crippen LogP contribution is -2.24. The first-order valence-corrected chi connectivity index (χ1v) is 13.3. The normalized spacial score (nSPS) is 12.2. The first-order valence-electron chi connectivity index (χ1n) is 11.0. The Morgan fingerprint density at radius 3 is 1.58 bits per heavy atom. The van der Waals surface area contributed by atoms with Crippen LogP contribution in [-0.4, -0.2) is 27.9 Å². The topological polar surface area (TPSA) is 74.6 Å². The van der Waals surface area contributed by atoms with E-state index in [-0.39, 0.29) is 12.8 Å². The summed E-state index contributed by atoms with van der Waals surface area (Å²) < 4.78 is -0.413. The van der Waals surface area contributed by atoms with E-state index in [1.165, 1.54) is 16.7 Å². The predicted octanol–water partition coefficient (Wildman–Crippen LogP) is 6.71. The molecule has 0 fully saturated rings. The Balaban J connectivity index is 1.80. The van der Waals surface area contributed by atoms with E-state index in [0.29, 0.717) is 12.8 Å². The van der Waals surface area contributed by atoms with Crippen LogP contribution in [0.3, 0.4) is 0 Å². The summed E-state index contributed by atoms with van der Waals surface area (Å²) in [6, 6.07) is 31.3. The Bertz CT molecular complexity index is 913. The van der Waals surface area contributed by atoms with Crippen molar-refractivity contribution in [2.45, 2.75) is 30.4 Å². The molecule has 33 heavy (non-hydrogen) atoms. The number of hydrogen-bond acceptors (Lipinski definition) is 4. The van der Waals surface area contributed by atoms with Crippen LogP contribution in [0, 0.1) is 5.92 Å². The Labute approximate surface area is 202 Å². The van der Waals surface area contributed by atoms with Crippen molar-refractivity contribution < 1.29 is 19.8 Å². The molecule has 3 rings (SSSR count). The number of carboxylic acid groups (broad SMARTS) is 2. The zero-order valence-electron chi connectivity index (χ0n) is 18.3. The maximum atomic E-state index is 11.5. The molecule has 0 aliphatic rings. The van der Waals surface area contributed by atoms with Crippen molar-refractivity contribution in [3.8, 4) is 0 Å². The van der Waals surface area contributed by atoms with Crippen molar-refractivity contribution in [2.75, 3.05) is 5.75 Å². The summed E-state index contributed by atoms with van der Waals surface area (Å²) in [4.78, 5) is 22.3. The first kappa shape index (κ1) is 24.9. The van der Waals surface area contributed by atoms with Crippen molar-refractivity contribution in [3.05, 3.63) is 108 Å². The van der Waals surface area contributed by atoms with Gasteiger partial charge in [0.2, 0.25) is 0 Å². The molecule has 0 aliphatic carbocycles. The molecule has 0 amide bonds. The summed E-state index contributed by atoms with van der Waals surface area (Å²) in [5, 5.41) is 18.3. The van der Waals surface area contributed by atoms with Gasteiger partial charge >= 0.3 is 11.9 Å². The van der Waals surface area contributed by atoms with Crippen molar-refractivity contribution >= 4 is 33.5 Å². The summed E-state index contributed by atoms with van der Waals surface area (Å²) in [5.74, 6) is -1.71. The molecular formula is C27H28O4S2. The lowest BCUT2D eigenvalue weighted by Gasteiger charge is -2.34. The maximum absolute atomic E-state index is 11.5. The summed E-state index contributed by atoms with van der Waals surface area (Å²) in [7, 11) is 3.51. The van der Waals surface area contributed by atoms with Gasteiger partial charge in [-0.15, -0.1) is 0 Å². The molecule has 1 atom stereocenters. The van der Waals surface area contributed by atoms with Crippen LogP contribution >= 0.6 is 21.6 Å². The van der Waals surface area contributed by atoms with Gasteiger partial charge in [0.1, 0.15) is 4.75 Å². The van der Waals surface area contributed by atoms with E-state index < -0.39 is 22.6 Å². The second kappa shape index (κ2) is 12.5. The summed E-state index contributed by atoms with van der Waals surface area (Å²) >= 11 is 0. The summed E-state index contributed by atoms with van der Waals surface area (Å²) in [6.45, 7) is 0. The fourth-order valence-electron chi connectivity index (χ4n) is 3.87. The van der Waals surface area contributed by atoms with Crippen molar-refractivity contribution in [1.82, 2.24) is 0 Å². The second-order valence-electron chi connectivity index (χ2n) is 7.79. The number of carbonyl (C=O) groups is 2. The number of carboxylic acids is 2. The molecule has 6 heteroatoms. The average Bonchev–Trinajstić information content (AvgIpc) is 2.84. The van der Waals surface area contributed by atoms with Gasteiger partial charge in [0.25, 0.3) is 0 Å². The molecule has 3 aromatic carbocycles. The van der Waals surface area contributed by atoms with Crippen molar-refractivity contribution in [3.63, 3.8) is 0 Å². The number of hydrogen-bond donors (Lipinski definition) is 2. The third-order valence-electron chi connectivity index (χ3n) is 5.56. The zero-order chi connectivity index (χ0) is 23.5. The summed E-state index contributed by atoms with van der Waals surface area (Å²) in [5.41, 5.74) is 3.55. The molecule has 0 aromatic heterocycles. The Morgan fingerprint density at radius 2 is 1.18 bits per heavy atom. The molecule has 172 valence electrons. The van der Waals surface area contributed by atoms with Crippen molar-refractivity contribution in [2.24, 2.45) is 5.92 Å². The van der Waals surface area contributed by atoms with E-state index in [1.54, 1.807) is 21.6 Å². The highest BCUT2D eigenvalue weighted by atomic mass is 33.1. The molecule has 0 radical (unpaired) electrons. The lowest BCUT2D eigenvalue weighted by molar-refractivity contribution is -0.143. The molecule has 2 N–H and O–H groups in total. The lowest BCUT2D eigenvalue weighted by atomic mass is 9.84. The van der Waals surface area contributed by atoms with Gasteiger partial charge in [-0.05, 0) is 36.0 Å². The molecule has 0 saturated carbocycles. The minimum atomic E-state index is -0.954. The van der Waals surface area contributed by atoms with E-state index in [9.17, 15) is 14.7 Å². The van der Waals surface area contributed by atoms with Gasteiger partial charge < -0.3 is 10.2 Å². The number of benzene rings is 3. The highest BCUT2D eigenvalue weighted by Gasteiger charge is 2.37. The molecule has 0 heterocycles. The van der Waals surface area contributed by atoms with E-state index in [1.807, 2.05) is 18.2 Å². The van der Waals surface area contributed by atoms with Crippen LogP contribution < -0.4 is 0 Å². The van der Waals surface area contributed by atoms with Gasteiger partial charge in [-0.3, -0.25) is 9.59 Å². The van der Waals surface area contributed by atoms with Crippen LogP contribution in [0.1, 0.15) is 42.4 Å². The smallest absolute Gasteiger partial charge is 0.306 e. The Morgan fingerprint density at radius 1 is 0.727 bits per heavy atom. The van der Waals surface area contributed by atoms with Gasteiger partial charge in [0.05, 0.1) is 5.92 Å². The second-order valence-corrected chi connectivity index (χ2v) is 10.4.